The first kappa shape index (κ1) is 15.2. The van der Waals surface area contributed by atoms with Crippen LogP contribution in [0.3, 0.4) is 0 Å². The van der Waals surface area contributed by atoms with Crippen LogP contribution in [0.15, 0.2) is 18.2 Å². The summed E-state index contributed by atoms with van der Waals surface area (Å²) >= 11 is 0. The zero-order valence-corrected chi connectivity index (χ0v) is 11.9. The Morgan fingerprint density at radius 2 is 1.84 bits per heavy atom. The van der Waals surface area contributed by atoms with Crippen LogP contribution in [0.2, 0.25) is 0 Å². The summed E-state index contributed by atoms with van der Waals surface area (Å²) in [6, 6.07) is 5.12. The van der Waals surface area contributed by atoms with Crippen molar-refractivity contribution < 1.29 is 14.7 Å². The summed E-state index contributed by atoms with van der Waals surface area (Å²) in [7, 11) is 0. The van der Waals surface area contributed by atoms with Gasteiger partial charge in [-0.25, -0.2) is 0 Å². The first-order chi connectivity index (χ1) is 8.81. The van der Waals surface area contributed by atoms with Gasteiger partial charge >= 0.3 is 5.97 Å². The van der Waals surface area contributed by atoms with Crippen molar-refractivity contribution in [2.75, 3.05) is 0 Å². The Morgan fingerprint density at radius 3 is 2.32 bits per heavy atom. The number of hydrogen-bond acceptors (Lipinski definition) is 2. The Hall–Kier alpha value is -1.84. The van der Waals surface area contributed by atoms with Gasteiger partial charge in [-0.05, 0) is 43.0 Å². The van der Waals surface area contributed by atoms with E-state index in [1.807, 2.05) is 39.8 Å². The lowest BCUT2D eigenvalue weighted by Gasteiger charge is -2.20. The molecule has 4 heteroatoms. The minimum absolute atomic E-state index is 0.0613. The van der Waals surface area contributed by atoms with E-state index in [1.54, 1.807) is 6.07 Å². The molecule has 2 N–H and O–H groups in total. The predicted octanol–water partition coefficient (Wildman–Crippen LogP) is 2.53. The predicted molar refractivity (Wildman–Crippen MR) is 74.3 cm³/mol. The number of carbonyl (C=O) groups is 2. The molecule has 0 bridgehead atoms. The van der Waals surface area contributed by atoms with Crippen LogP contribution in [0.4, 0.5) is 0 Å². The number of aliphatic carboxylic acids is 1. The fourth-order valence-electron chi connectivity index (χ4n) is 1.78. The van der Waals surface area contributed by atoms with E-state index >= 15 is 0 Å². The molecule has 0 radical (unpaired) electrons. The van der Waals surface area contributed by atoms with Gasteiger partial charge in [0.2, 0.25) is 0 Å². The molecule has 0 aliphatic carbocycles. The van der Waals surface area contributed by atoms with Crippen LogP contribution in [0.1, 0.15) is 41.8 Å². The minimum atomic E-state index is -0.904. The first-order valence-corrected chi connectivity index (χ1v) is 6.41. The summed E-state index contributed by atoms with van der Waals surface area (Å²) in [5.74, 6) is -1.05. The van der Waals surface area contributed by atoms with E-state index in [4.69, 9.17) is 5.11 Å². The molecule has 1 amide bonds. The van der Waals surface area contributed by atoms with Crippen LogP contribution in [0.25, 0.3) is 0 Å². The number of rotatable bonds is 5. The van der Waals surface area contributed by atoms with E-state index < -0.39 is 5.97 Å². The van der Waals surface area contributed by atoms with E-state index in [9.17, 15) is 9.59 Å². The molecule has 1 unspecified atom stereocenters. The Kier molecular flexibility index (Phi) is 5.10. The van der Waals surface area contributed by atoms with Gasteiger partial charge in [-0.1, -0.05) is 19.9 Å². The zero-order valence-electron chi connectivity index (χ0n) is 11.9. The first-order valence-electron chi connectivity index (χ1n) is 6.41. The molecule has 0 saturated heterocycles. The Bertz CT molecular complexity index is 480. The molecule has 1 atom stereocenters. The second-order valence-corrected chi connectivity index (χ2v) is 5.22. The molecule has 104 valence electrons. The summed E-state index contributed by atoms with van der Waals surface area (Å²) < 4.78 is 0. The van der Waals surface area contributed by atoms with Crippen molar-refractivity contribution in [2.24, 2.45) is 5.92 Å². The van der Waals surface area contributed by atoms with Crippen molar-refractivity contribution in [3.63, 3.8) is 0 Å². The number of carboxylic acids is 1. The Morgan fingerprint density at radius 1 is 1.21 bits per heavy atom. The molecule has 0 fully saturated rings. The molecule has 0 aromatic heterocycles. The van der Waals surface area contributed by atoms with Gasteiger partial charge in [-0.15, -0.1) is 0 Å². The van der Waals surface area contributed by atoms with Gasteiger partial charge in [0, 0.05) is 11.6 Å². The summed E-state index contributed by atoms with van der Waals surface area (Å²) in [4.78, 5) is 22.9. The van der Waals surface area contributed by atoms with E-state index in [-0.39, 0.29) is 24.3 Å². The monoisotopic (exact) mass is 263 g/mol. The zero-order chi connectivity index (χ0) is 14.6. The number of benzene rings is 1. The van der Waals surface area contributed by atoms with Crippen molar-refractivity contribution in [2.45, 2.75) is 40.2 Å². The maximum Gasteiger partial charge on any atom is 0.305 e. The number of nitrogens with one attached hydrogen (secondary N) is 1. The maximum absolute atomic E-state index is 12.1. The van der Waals surface area contributed by atoms with Crippen LogP contribution in [-0.4, -0.2) is 23.0 Å². The number of carboxylic acid groups (broad SMARTS) is 1. The van der Waals surface area contributed by atoms with Gasteiger partial charge in [0.05, 0.1) is 6.42 Å². The SMILES string of the molecule is Cc1ccc(C(=O)NC(CC(=O)O)C(C)C)cc1C. The lowest BCUT2D eigenvalue weighted by molar-refractivity contribution is -0.137. The molecule has 1 rings (SSSR count). The molecule has 0 aliphatic heterocycles. The fraction of sp³-hybridized carbons (Fsp3) is 0.467. The van der Waals surface area contributed by atoms with Gasteiger partial charge in [-0.3, -0.25) is 9.59 Å². The minimum Gasteiger partial charge on any atom is -0.481 e. The quantitative estimate of drug-likeness (QED) is 0.858. The lowest BCUT2D eigenvalue weighted by Crippen LogP contribution is -2.40. The van der Waals surface area contributed by atoms with Gasteiger partial charge in [0.15, 0.2) is 0 Å². The molecule has 1 aromatic carbocycles. The molecular weight excluding hydrogens is 242 g/mol. The van der Waals surface area contributed by atoms with E-state index in [0.717, 1.165) is 11.1 Å². The van der Waals surface area contributed by atoms with Crippen molar-refractivity contribution in [1.82, 2.24) is 5.32 Å². The average molecular weight is 263 g/mol. The number of amides is 1. The number of hydrogen-bond donors (Lipinski definition) is 2. The normalized spacial score (nSPS) is 12.3. The second kappa shape index (κ2) is 6.36. The Balaban J connectivity index is 2.81. The summed E-state index contributed by atoms with van der Waals surface area (Å²) in [5.41, 5.74) is 2.74. The van der Waals surface area contributed by atoms with Crippen LogP contribution < -0.4 is 5.32 Å². The van der Waals surface area contributed by atoms with Gasteiger partial charge in [0.1, 0.15) is 0 Å². The molecule has 0 spiro atoms. The van der Waals surface area contributed by atoms with Gasteiger partial charge in [0.25, 0.3) is 5.91 Å². The Labute approximate surface area is 113 Å². The summed E-state index contributed by atoms with van der Waals surface area (Å²) in [6.45, 7) is 7.73. The highest BCUT2D eigenvalue weighted by Gasteiger charge is 2.20. The third-order valence-electron chi connectivity index (χ3n) is 3.28. The van der Waals surface area contributed by atoms with Crippen LogP contribution in [0.5, 0.6) is 0 Å². The second-order valence-electron chi connectivity index (χ2n) is 5.22. The lowest BCUT2D eigenvalue weighted by atomic mass is 10.00. The summed E-state index contributed by atoms with van der Waals surface area (Å²) in [6.07, 6.45) is -0.0613. The molecular formula is C15H21NO3. The maximum atomic E-state index is 12.1. The van der Waals surface area contributed by atoms with Crippen molar-refractivity contribution in [1.29, 1.82) is 0 Å². The third kappa shape index (κ3) is 4.39. The number of carbonyl (C=O) groups excluding carboxylic acids is 1. The highest BCUT2D eigenvalue weighted by Crippen LogP contribution is 2.12. The van der Waals surface area contributed by atoms with Crippen LogP contribution in [0, 0.1) is 19.8 Å². The van der Waals surface area contributed by atoms with Gasteiger partial charge < -0.3 is 10.4 Å². The van der Waals surface area contributed by atoms with Gasteiger partial charge in [-0.2, -0.15) is 0 Å². The standard InChI is InChI=1S/C15H21NO3/c1-9(2)13(8-14(17)18)16-15(19)12-6-5-10(3)11(4)7-12/h5-7,9,13H,8H2,1-4H3,(H,16,19)(H,17,18). The van der Waals surface area contributed by atoms with Crippen molar-refractivity contribution >= 4 is 11.9 Å². The highest BCUT2D eigenvalue weighted by atomic mass is 16.4. The summed E-state index contributed by atoms with van der Waals surface area (Å²) in [5, 5.41) is 11.6. The van der Waals surface area contributed by atoms with Crippen molar-refractivity contribution in [3.8, 4) is 0 Å². The van der Waals surface area contributed by atoms with E-state index in [0.29, 0.717) is 5.56 Å². The highest BCUT2D eigenvalue weighted by molar-refractivity contribution is 5.94. The molecule has 4 nitrogen and oxygen atoms in total. The molecule has 1 aromatic rings. The van der Waals surface area contributed by atoms with Crippen LogP contribution >= 0.6 is 0 Å². The fourth-order valence-corrected chi connectivity index (χ4v) is 1.78. The average Bonchev–Trinajstić information content (AvgIpc) is 2.31. The number of aryl methyl sites for hydroxylation is 2. The molecule has 0 heterocycles. The third-order valence-corrected chi connectivity index (χ3v) is 3.28. The van der Waals surface area contributed by atoms with E-state index in [1.165, 1.54) is 0 Å². The largest absolute Gasteiger partial charge is 0.481 e. The van der Waals surface area contributed by atoms with E-state index in [2.05, 4.69) is 5.32 Å². The molecule has 19 heavy (non-hydrogen) atoms. The molecule has 0 aliphatic rings. The van der Waals surface area contributed by atoms with Crippen LogP contribution in [-0.2, 0) is 4.79 Å². The molecule has 0 saturated carbocycles. The topological polar surface area (TPSA) is 66.4 Å². The van der Waals surface area contributed by atoms with Crippen molar-refractivity contribution in [3.05, 3.63) is 34.9 Å². The smallest absolute Gasteiger partial charge is 0.305 e.